The van der Waals surface area contributed by atoms with Gasteiger partial charge in [0.25, 0.3) is 0 Å². The SMILES string of the molecule is c1ccc([C@H](Cn2cccn2)Nc2ncncn2)cc1. The molecule has 6 heteroatoms. The van der Waals surface area contributed by atoms with Crippen LogP contribution in [-0.2, 0) is 6.54 Å². The van der Waals surface area contributed by atoms with Crippen molar-refractivity contribution in [2.45, 2.75) is 12.6 Å². The minimum atomic E-state index is 0.0403. The number of anilines is 1. The van der Waals surface area contributed by atoms with Crippen molar-refractivity contribution in [2.24, 2.45) is 0 Å². The van der Waals surface area contributed by atoms with Crippen LogP contribution in [0.3, 0.4) is 0 Å². The van der Waals surface area contributed by atoms with Crippen molar-refractivity contribution in [3.8, 4) is 0 Å². The Morgan fingerprint density at radius 3 is 2.55 bits per heavy atom. The van der Waals surface area contributed by atoms with Crippen molar-refractivity contribution in [2.75, 3.05) is 5.32 Å². The second kappa shape index (κ2) is 5.92. The third-order valence-corrected chi connectivity index (χ3v) is 2.93. The van der Waals surface area contributed by atoms with Crippen molar-refractivity contribution < 1.29 is 0 Å². The Bertz CT molecular complexity index is 623. The fraction of sp³-hybridized carbons (Fsp3) is 0.143. The summed E-state index contributed by atoms with van der Waals surface area (Å²) in [7, 11) is 0. The van der Waals surface area contributed by atoms with E-state index < -0.39 is 0 Å². The van der Waals surface area contributed by atoms with E-state index in [0.29, 0.717) is 12.5 Å². The van der Waals surface area contributed by atoms with E-state index in [1.807, 2.05) is 35.1 Å². The van der Waals surface area contributed by atoms with E-state index in [1.165, 1.54) is 12.7 Å². The normalized spacial score (nSPS) is 12.0. The van der Waals surface area contributed by atoms with Gasteiger partial charge in [0.2, 0.25) is 5.95 Å². The zero-order chi connectivity index (χ0) is 13.6. The van der Waals surface area contributed by atoms with Crippen LogP contribution in [0.5, 0.6) is 0 Å². The lowest BCUT2D eigenvalue weighted by molar-refractivity contribution is 0.548. The molecule has 1 N–H and O–H groups in total. The zero-order valence-corrected chi connectivity index (χ0v) is 10.8. The molecule has 3 rings (SSSR count). The van der Waals surface area contributed by atoms with Gasteiger partial charge in [0.1, 0.15) is 12.7 Å². The van der Waals surface area contributed by atoms with Crippen LogP contribution >= 0.6 is 0 Å². The summed E-state index contributed by atoms with van der Waals surface area (Å²) in [5, 5.41) is 7.56. The monoisotopic (exact) mass is 266 g/mol. The van der Waals surface area contributed by atoms with Gasteiger partial charge in [-0.2, -0.15) is 5.10 Å². The Morgan fingerprint density at radius 2 is 1.85 bits per heavy atom. The topological polar surface area (TPSA) is 68.5 Å². The molecule has 0 unspecified atom stereocenters. The number of nitrogens with one attached hydrogen (secondary N) is 1. The smallest absolute Gasteiger partial charge is 0.226 e. The highest BCUT2D eigenvalue weighted by Gasteiger charge is 2.13. The van der Waals surface area contributed by atoms with Gasteiger partial charge in [-0.05, 0) is 11.6 Å². The lowest BCUT2D eigenvalue weighted by Crippen LogP contribution is -2.19. The molecule has 0 aliphatic carbocycles. The molecule has 6 nitrogen and oxygen atoms in total. The summed E-state index contributed by atoms with van der Waals surface area (Å²) in [5.41, 5.74) is 1.16. The fourth-order valence-corrected chi connectivity index (χ4v) is 1.98. The van der Waals surface area contributed by atoms with Crippen LogP contribution < -0.4 is 5.32 Å². The van der Waals surface area contributed by atoms with Gasteiger partial charge in [-0.15, -0.1) is 0 Å². The van der Waals surface area contributed by atoms with Crippen LogP contribution in [0.25, 0.3) is 0 Å². The van der Waals surface area contributed by atoms with Gasteiger partial charge in [-0.3, -0.25) is 4.68 Å². The van der Waals surface area contributed by atoms with Crippen molar-refractivity contribution in [3.63, 3.8) is 0 Å². The zero-order valence-electron chi connectivity index (χ0n) is 10.8. The number of rotatable bonds is 5. The van der Waals surface area contributed by atoms with Crippen LogP contribution in [0, 0.1) is 0 Å². The average molecular weight is 266 g/mol. The summed E-state index contributed by atoms with van der Waals surface area (Å²) < 4.78 is 1.88. The maximum atomic E-state index is 4.25. The van der Waals surface area contributed by atoms with Gasteiger partial charge in [-0.1, -0.05) is 30.3 Å². The Labute approximate surface area is 116 Å². The van der Waals surface area contributed by atoms with Gasteiger partial charge in [-0.25, -0.2) is 15.0 Å². The first-order valence-corrected chi connectivity index (χ1v) is 6.33. The summed E-state index contributed by atoms with van der Waals surface area (Å²) in [6.07, 6.45) is 6.66. The third-order valence-electron chi connectivity index (χ3n) is 2.93. The molecule has 0 radical (unpaired) electrons. The van der Waals surface area contributed by atoms with E-state index >= 15 is 0 Å². The molecule has 0 saturated carbocycles. The summed E-state index contributed by atoms with van der Waals surface area (Å²) in [6.45, 7) is 0.697. The first-order chi connectivity index (χ1) is 9.92. The molecule has 1 atom stereocenters. The molecule has 1 aromatic carbocycles. The van der Waals surface area contributed by atoms with E-state index in [4.69, 9.17) is 0 Å². The summed E-state index contributed by atoms with van der Waals surface area (Å²) in [4.78, 5) is 12.0. The van der Waals surface area contributed by atoms with Gasteiger partial charge in [0.05, 0.1) is 12.6 Å². The van der Waals surface area contributed by atoms with Crippen molar-refractivity contribution in [1.29, 1.82) is 0 Å². The Hall–Kier alpha value is -2.76. The summed E-state index contributed by atoms with van der Waals surface area (Å²) in [5.74, 6) is 0.556. The van der Waals surface area contributed by atoms with Crippen molar-refractivity contribution >= 4 is 5.95 Å². The lowest BCUT2D eigenvalue weighted by atomic mass is 10.1. The predicted molar refractivity (Wildman–Crippen MR) is 74.9 cm³/mol. The number of hydrogen-bond donors (Lipinski definition) is 1. The molecule has 100 valence electrons. The molecule has 20 heavy (non-hydrogen) atoms. The molecule has 0 bridgehead atoms. The number of hydrogen-bond acceptors (Lipinski definition) is 5. The minimum absolute atomic E-state index is 0.0403. The molecule has 2 heterocycles. The molecule has 2 aromatic heterocycles. The predicted octanol–water partition coefficient (Wildman–Crippen LogP) is 1.92. The maximum absolute atomic E-state index is 4.25. The second-order valence-electron chi connectivity index (χ2n) is 4.30. The molecular formula is C14H14N6. The standard InChI is InChI=1S/C14H14N6/c1-2-5-12(6-3-1)13(9-20-8-4-7-18-20)19-14-16-10-15-11-17-14/h1-8,10-11,13H,9H2,(H,15,16,17,19)/t13-/m0/s1. The van der Waals surface area contributed by atoms with Gasteiger partial charge >= 0.3 is 0 Å². The van der Waals surface area contributed by atoms with Crippen LogP contribution in [0.1, 0.15) is 11.6 Å². The molecule has 0 spiro atoms. The molecule has 0 aliphatic heterocycles. The quantitative estimate of drug-likeness (QED) is 0.764. The summed E-state index contributed by atoms with van der Waals surface area (Å²) in [6, 6.07) is 12.1. The molecule has 0 saturated heterocycles. The minimum Gasteiger partial charge on any atom is -0.345 e. The van der Waals surface area contributed by atoms with Gasteiger partial charge in [0.15, 0.2) is 0 Å². The number of nitrogens with zero attached hydrogens (tertiary/aromatic N) is 5. The highest BCUT2D eigenvalue weighted by molar-refractivity contribution is 5.30. The van der Waals surface area contributed by atoms with E-state index in [1.54, 1.807) is 6.20 Å². The molecular weight excluding hydrogens is 252 g/mol. The van der Waals surface area contributed by atoms with E-state index in [9.17, 15) is 0 Å². The van der Waals surface area contributed by atoms with Crippen LogP contribution in [0.15, 0.2) is 61.4 Å². The Kier molecular flexibility index (Phi) is 3.64. The lowest BCUT2D eigenvalue weighted by Gasteiger charge is -2.19. The average Bonchev–Trinajstić information content (AvgIpc) is 3.02. The largest absolute Gasteiger partial charge is 0.345 e. The van der Waals surface area contributed by atoms with Crippen LogP contribution in [0.4, 0.5) is 5.95 Å². The Morgan fingerprint density at radius 1 is 1.05 bits per heavy atom. The van der Waals surface area contributed by atoms with E-state index in [2.05, 4.69) is 37.5 Å². The van der Waals surface area contributed by atoms with Crippen LogP contribution in [-0.4, -0.2) is 24.7 Å². The van der Waals surface area contributed by atoms with E-state index in [-0.39, 0.29) is 6.04 Å². The molecule has 0 amide bonds. The molecule has 0 aliphatic rings. The van der Waals surface area contributed by atoms with Crippen molar-refractivity contribution in [1.82, 2.24) is 24.7 Å². The molecule has 0 fully saturated rings. The van der Waals surface area contributed by atoms with Gasteiger partial charge in [0, 0.05) is 12.4 Å². The maximum Gasteiger partial charge on any atom is 0.226 e. The highest BCUT2D eigenvalue weighted by atomic mass is 15.3. The summed E-state index contributed by atoms with van der Waals surface area (Å²) >= 11 is 0. The number of aromatic nitrogens is 5. The third kappa shape index (κ3) is 2.97. The van der Waals surface area contributed by atoms with Gasteiger partial charge < -0.3 is 5.32 Å². The highest BCUT2D eigenvalue weighted by Crippen LogP contribution is 2.18. The number of benzene rings is 1. The second-order valence-corrected chi connectivity index (χ2v) is 4.30. The fourth-order valence-electron chi connectivity index (χ4n) is 1.98. The Balaban J connectivity index is 1.83. The van der Waals surface area contributed by atoms with Crippen molar-refractivity contribution in [3.05, 3.63) is 67.0 Å². The van der Waals surface area contributed by atoms with E-state index in [0.717, 1.165) is 5.56 Å². The molecule has 3 aromatic rings. The first kappa shape index (κ1) is 12.3. The van der Waals surface area contributed by atoms with Crippen LogP contribution in [0.2, 0.25) is 0 Å². The first-order valence-electron chi connectivity index (χ1n) is 6.33.